The smallest absolute Gasteiger partial charge is 0.153 e. The number of aldehydes is 1. The summed E-state index contributed by atoms with van der Waals surface area (Å²) in [6, 6.07) is 16.5. The molecule has 0 saturated carbocycles. The molecule has 3 aromatic rings. The molecule has 176 valence electrons. The van der Waals surface area contributed by atoms with Crippen LogP contribution >= 0.6 is 11.6 Å². The first-order valence-corrected chi connectivity index (χ1v) is 11.4. The van der Waals surface area contributed by atoms with Crippen LogP contribution in [0, 0.1) is 17.2 Å². The molecule has 1 heterocycles. The molecule has 0 saturated heterocycles. The summed E-state index contributed by atoms with van der Waals surface area (Å²) in [6.45, 7) is 1.99. The van der Waals surface area contributed by atoms with Crippen LogP contribution in [0.3, 0.4) is 0 Å². The molecule has 2 aromatic carbocycles. The average Bonchev–Trinajstić information content (AvgIpc) is 2.89. The largest absolute Gasteiger partial charge is 0.489 e. The molecule has 0 amide bonds. The van der Waals surface area contributed by atoms with Crippen LogP contribution in [0.4, 0.5) is 0 Å². The molecule has 1 aliphatic carbocycles. The standard InChI is InChI=1S/C28H23ClN2O4/c1-19-24(22-6-3-2-4-7-22)8-5-9-28(19,33)18-35-27-12-26(23(16-32)11-25(27)29)34-17-21-10-20(13-30)14-31-15-21/h2-12,14-16,19,33H,17-18H2,1H3. The van der Waals surface area contributed by atoms with Crippen molar-refractivity contribution in [2.24, 2.45) is 5.92 Å². The van der Waals surface area contributed by atoms with E-state index in [9.17, 15) is 9.90 Å². The van der Waals surface area contributed by atoms with Gasteiger partial charge in [-0.2, -0.15) is 5.26 Å². The Hall–Kier alpha value is -3.92. The molecule has 2 unspecified atom stereocenters. The lowest BCUT2D eigenvalue weighted by molar-refractivity contribution is 0.0105. The molecular formula is C28H23ClN2O4. The van der Waals surface area contributed by atoms with Crippen molar-refractivity contribution in [3.8, 4) is 17.6 Å². The third-order valence-corrected chi connectivity index (χ3v) is 6.25. The van der Waals surface area contributed by atoms with Crippen molar-refractivity contribution in [1.82, 2.24) is 4.98 Å². The number of hydrogen-bond donors (Lipinski definition) is 1. The van der Waals surface area contributed by atoms with Crippen molar-refractivity contribution in [3.05, 3.63) is 106 Å². The number of hydrogen-bond acceptors (Lipinski definition) is 6. The van der Waals surface area contributed by atoms with Crippen LogP contribution in [0.1, 0.15) is 34.0 Å². The number of pyridine rings is 1. The van der Waals surface area contributed by atoms with E-state index in [2.05, 4.69) is 4.98 Å². The summed E-state index contributed by atoms with van der Waals surface area (Å²) in [5, 5.41) is 20.6. The van der Waals surface area contributed by atoms with Gasteiger partial charge in [0.15, 0.2) is 6.29 Å². The highest BCUT2D eigenvalue weighted by Crippen LogP contribution is 2.38. The maximum Gasteiger partial charge on any atom is 0.153 e. The van der Waals surface area contributed by atoms with Crippen LogP contribution in [-0.4, -0.2) is 28.6 Å². The van der Waals surface area contributed by atoms with Gasteiger partial charge in [0.25, 0.3) is 0 Å². The second kappa shape index (κ2) is 10.6. The maximum absolute atomic E-state index is 11.6. The number of nitrogens with zero attached hydrogens (tertiary/aromatic N) is 2. The SMILES string of the molecule is CC1C(c2ccccc2)=CC=CC1(O)COc1cc(OCc2cncc(C#N)c2)c(C=O)cc1Cl. The minimum atomic E-state index is -1.27. The first kappa shape index (κ1) is 24.2. The van der Waals surface area contributed by atoms with Crippen LogP contribution < -0.4 is 9.47 Å². The van der Waals surface area contributed by atoms with Gasteiger partial charge in [0.1, 0.15) is 36.4 Å². The predicted molar refractivity (Wildman–Crippen MR) is 133 cm³/mol. The van der Waals surface area contributed by atoms with Gasteiger partial charge in [-0.25, -0.2) is 0 Å². The van der Waals surface area contributed by atoms with Gasteiger partial charge in [-0.1, -0.05) is 61.0 Å². The Morgan fingerprint density at radius 2 is 1.97 bits per heavy atom. The van der Waals surface area contributed by atoms with E-state index in [1.54, 1.807) is 18.3 Å². The van der Waals surface area contributed by atoms with Crippen LogP contribution in [0.25, 0.3) is 5.57 Å². The molecule has 0 fully saturated rings. The third-order valence-electron chi connectivity index (χ3n) is 5.95. The molecule has 2 atom stereocenters. The second-order valence-electron chi connectivity index (χ2n) is 8.27. The molecule has 0 aliphatic heterocycles. The minimum Gasteiger partial charge on any atom is -0.489 e. The Morgan fingerprint density at radius 3 is 2.71 bits per heavy atom. The normalized spacial score (nSPS) is 18.9. The Kier molecular flexibility index (Phi) is 7.31. The van der Waals surface area contributed by atoms with E-state index < -0.39 is 5.60 Å². The lowest BCUT2D eigenvalue weighted by Crippen LogP contribution is -2.42. The molecule has 0 radical (unpaired) electrons. The maximum atomic E-state index is 11.6. The number of allylic oxidation sites excluding steroid dienone is 2. The minimum absolute atomic E-state index is 0.0530. The van der Waals surface area contributed by atoms with Crippen LogP contribution in [0.15, 0.2) is 79.2 Å². The molecular weight excluding hydrogens is 464 g/mol. The van der Waals surface area contributed by atoms with E-state index in [0.29, 0.717) is 17.4 Å². The highest BCUT2D eigenvalue weighted by atomic mass is 35.5. The van der Waals surface area contributed by atoms with Crippen molar-refractivity contribution in [2.75, 3.05) is 6.61 Å². The molecule has 0 spiro atoms. The zero-order chi connectivity index (χ0) is 24.8. The van der Waals surface area contributed by atoms with Gasteiger partial charge in [-0.3, -0.25) is 9.78 Å². The van der Waals surface area contributed by atoms with Crippen molar-refractivity contribution in [2.45, 2.75) is 19.1 Å². The first-order valence-electron chi connectivity index (χ1n) is 11.0. The van der Waals surface area contributed by atoms with E-state index in [4.69, 9.17) is 26.3 Å². The summed E-state index contributed by atoms with van der Waals surface area (Å²) in [5.74, 6) is 0.311. The van der Waals surface area contributed by atoms with Gasteiger partial charge in [-0.15, -0.1) is 0 Å². The van der Waals surface area contributed by atoms with Gasteiger partial charge >= 0.3 is 0 Å². The molecule has 1 aliphatic rings. The number of aliphatic hydroxyl groups is 1. The zero-order valence-corrected chi connectivity index (χ0v) is 19.8. The molecule has 1 N–H and O–H groups in total. The van der Waals surface area contributed by atoms with Crippen LogP contribution in [-0.2, 0) is 6.61 Å². The molecule has 4 rings (SSSR count). The fourth-order valence-electron chi connectivity index (χ4n) is 3.89. The van der Waals surface area contributed by atoms with E-state index in [-0.39, 0.29) is 41.2 Å². The van der Waals surface area contributed by atoms with E-state index >= 15 is 0 Å². The van der Waals surface area contributed by atoms with E-state index in [0.717, 1.165) is 11.1 Å². The van der Waals surface area contributed by atoms with E-state index in [1.807, 2.05) is 55.5 Å². The third kappa shape index (κ3) is 5.43. The van der Waals surface area contributed by atoms with Gasteiger partial charge < -0.3 is 14.6 Å². The number of aromatic nitrogens is 1. The number of carbonyl (C=O) groups excluding carboxylic acids is 1. The van der Waals surface area contributed by atoms with E-state index in [1.165, 1.54) is 18.3 Å². The number of carbonyl (C=O) groups is 1. The van der Waals surface area contributed by atoms with Crippen LogP contribution in [0.5, 0.6) is 11.5 Å². The summed E-state index contributed by atoms with van der Waals surface area (Å²) in [6.07, 6.45) is 9.20. The molecule has 7 heteroatoms. The summed E-state index contributed by atoms with van der Waals surface area (Å²) in [7, 11) is 0. The van der Waals surface area contributed by atoms with Crippen molar-refractivity contribution < 1.29 is 19.4 Å². The second-order valence-corrected chi connectivity index (χ2v) is 8.68. The first-order chi connectivity index (χ1) is 16.9. The highest BCUT2D eigenvalue weighted by Gasteiger charge is 2.36. The molecule has 0 bridgehead atoms. The Morgan fingerprint density at radius 1 is 1.17 bits per heavy atom. The Bertz CT molecular complexity index is 1330. The zero-order valence-electron chi connectivity index (χ0n) is 19.0. The molecule has 35 heavy (non-hydrogen) atoms. The topological polar surface area (TPSA) is 92.4 Å². The Labute approximate surface area is 208 Å². The predicted octanol–water partition coefficient (Wildman–Crippen LogP) is 5.40. The summed E-state index contributed by atoms with van der Waals surface area (Å²) in [4.78, 5) is 15.6. The van der Waals surface area contributed by atoms with Gasteiger partial charge in [-0.05, 0) is 29.3 Å². The summed E-state index contributed by atoms with van der Waals surface area (Å²) < 4.78 is 11.8. The number of halogens is 1. The van der Waals surface area contributed by atoms with Gasteiger partial charge in [0, 0.05) is 29.9 Å². The van der Waals surface area contributed by atoms with Crippen LogP contribution in [0.2, 0.25) is 5.02 Å². The molecule has 6 nitrogen and oxygen atoms in total. The lowest BCUT2D eigenvalue weighted by Gasteiger charge is -2.35. The summed E-state index contributed by atoms with van der Waals surface area (Å²) >= 11 is 6.36. The fourth-order valence-corrected chi connectivity index (χ4v) is 4.11. The Balaban J connectivity index is 1.51. The van der Waals surface area contributed by atoms with Gasteiger partial charge in [0.2, 0.25) is 0 Å². The number of benzene rings is 2. The summed E-state index contributed by atoms with van der Waals surface area (Å²) in [5.41, 5.74) is 2.10. The molecule has 1 aromatic heterocycles. The highest BCUT2D eigenvalue weighted by molar-refractivity contribution is 6.32. The number of nitriles is 1. The fraction of sp³-hybridized carbons (Fsp3) is 0.179. The number of rotatable bonds is 8. The van der Waals surface area contributed by atoms with Crippen molar-refractivity contribution in [1.29, 1.82) is 5.26 Å². The monoisotopic (exact) mass is 486 g/mol. The lowest BCUT2D eigenvalue weighted by atomic mass is 9.77. The van der Waals surface area contributed by atoms with Crippen molar-refractivity contribution in [3.63, 3.8) is 0 Å². The van der Waals surface area contributed by atoms with Gasteiger partial charge in [0.05, 0.1) is 16.1 Å². The average molecular weight is 487 g/mol. The van der Waals surface area contributed by atoms with Crippen molar-refractivity contribution >= 4 is 23.5 Å². The number of ether oxygens (including phenoxy) is 2. The quantitative estimate of drug-likeness (QED) is 0.429.